The fourth-order valence-electron chi connectivity index (χ4n) is 3.56. The predicted molar refractivity (Wildman–Crippen MR) is 116 cm³/mol. The molecule has 6 nitrogen and oxygen atoms in total. The minimum absolute atomic E-state index is 0. The molecule has 148 valence electrons. The van der Waals surface area contributed by atoms with Gasteiger partial charge in [0.2, 0.25) is 0 Å². The van der Waals surface area contributed by atoms with E-state index in [0.717, 1.165) is 38.4 Å². The molecule has 25 heavy (non-hydrogen) atoms. The molecular weight excluding hydrogens is 451 g/mol. The highest BCUT2D eigenvalue weighted by Gasteiger charge is 2.27. The van der Waals surface area contributed by atoms with Crippen molar-refractivity contribution in [3.63, 3.8) is 0 Å². The summed E-state index contributed by atoms with van der Waals surface area (Å²) in [6.45, 7) is 9.05. The number of guanidine groups is 1. The minimum Gasteiger partial charge on any atom is -0.357 e. The second-order valence-electron chi connectivity index (χ2n) is 7.15. The summed E-state index contributed by atoms with van der Waals surface area (Å²) in [5, 5.41) is 6.63. The van der Waals surface area contributed by atoms with Gasteiger partial charge in [-0.3, -0.25) is 4.99 Å². The maximum Gasteiger partial charge on any atom is 0.191 e. The molecule has 2 unspecified atom stereocenters. The van der Waals surface area contributed by atoms with Gasteiger partial charge in [0.1, 0.15) is 0 Å². The summed E-state index contributed by atoms with van der Waals surface area (Å²) < 4.78 is 23.0. The minimum atomic E-state index is -2.81. The Morgan fingerprint density at radius 3 is 2.68 bits per heavy atom. The van der Waals surface area contributed by atoms with Gasteiger partial charge in [-0.1, -0.05) is 6.42 Å². The van der Waals surface area contributed by atoms with Gasteiger partial charge >= 0.3 is 0 Å². The monoisotopic (exact) mass is 486 g/mol. The number of halogens is 1. The van der Waals surface area contributed by atoms with Gasteiger partial charge in [0.15, 0.2) is 15.8 Å². The van der Waals surface area contributed by atoms with Crippen molar-refractivity contribution in [3.8, 4) is 0 Å². The largest absolute Gasteiger partial charge is 0.357 e. The number of aliphatic imine (C=N–C) groups is 1. The van der Waals surface area contributed by atoms with Crippen LogP contribution in [0, 0.1) is 5.92 Å². The Kier molecular flexibility index (Phi) is 10.6. The van der Waals surface area contributed by atoms with Crippen molar-refractivity contribution < 1.29 is 8.42 Å². The van der Waals surface area contributed by atoms with Gasteiger partial charge in [0.25, 0.3) is 0 Å². The Morgan fingerprint density at radius 2 is 2.04 bits per heavy atom. The molecule has 2 heterocycles. The van der Waals surface area contributed by atoms with Gasteiger partial charge in [0.05, 0.1) is 11.5 Å². The van der Waals surface area contributed by atoms with Crippen LogP contribution in [0.25, 0.3) is 0 Å². The van der Waals surface area contributed by atoms with E-state index in [-0.39, 0.29) is 29.9 Å². The highest BCUT2D eigenvalue weighted by atomic mass is 127. The summed E-state index contributed by atoms with van der Waals surface area (Å²) in [5.41, 5.74) is 0. The molecule has 2 saturated heterocycles. The number of rotatable bonds is 7. The van der Waals surface area contributed by atoms with Gasteiger partial charge in [-0.2, -0.15) is 0 Å². The van der Waals surface area contributed by atoms with Crippen LogP contribution in [-0.4, -0.2) is 69.5 Å². The summed E-state index contributed by atoms with van der Waals surface area (Å²) >= 11 is 0. The normalized spacial score (nSPS) is 26.9. The van der Waals surface area contributed by atoms with Crippen LogP contribution >= 0.6 is 24.0 Å². The third kappa shape index (κ3) is 8.43. The van der Waals surface area contributed by atoms with Crippen molar-refractivity contribution in [1.29, 1.82) is 0 Å². The molecule has 2 N–H and O–H groups in total. The smallest absolute Gasteiger partial charge is 0.191 e. The number of likely N-dealkylation sites (tertiary alicyclic amines) is 1. The van der Waals surface area contributed by atoms with Crippen LogP contribution in [0.4, 0.5) is 0 Å². The van der Waals surface area contributed by atoms with Crippen molar-refractivity contribution in [2.75, 3.05) is 44.2 Å². The molecule has 2 aliphatic heterocycles. The molecule has 0 radical (unpaired) electrons. The fourth-order valence-corrected chi connectivity index (χ4v) is 5.41. The summed E-state index contributed by atoms with van der Waals surface area (Å²) in [6, 6.07) is 0.713. The van der Waals surface area contributed by atoms with Crippen molar-refractivity contribution >= 4 is 39.8 Å². The molecule has 0 aromatic heterocycles. The quantitative estimate of drug-likeness (QED) is 0.249. The van der Waals surface area contributed by atoms with Gasteiger partial charge in [-0.25, -0.2) is 8.42 Å². The van der Waals surface area contributed by atoms with E-state index in [9.17, 15) is 8.42 Å². The standard InChI is InChI=1S/C17H34N4O2S.HI/c1-3-18-17(20-13-16-8-12-24(22,23)14-16)19-9-6-11-21-10-5-4-7-15(21)2;/h15-16H,3-14H2,1-2H3,(H2,18,19,20);1H. The van der Waals surface area contributed by atoms with E-state index in [0.29, 0.717) is 24.1 Å². The first-order valence-electron chi connectivity index (χ1n) is 9.47. The van der Waals surface area contributed by atoms with Crippen molar-refractivity contribution in [3.05, 3.63) is 0 Å². The van der Waals surface area contributed by atoms with Crippen LogP contribution in [0.2, 0.25) is 0 Å². The SMILES string of the molecule is CCNC(=NCC1CCS(=O)(=O)C1)NCCCN1CCCCC1C.I. The number of hydrogen-bond acceptors (Lipinski definition) is 4. The lowest BCUT2D eigenvalue weighted by atomic mass is 10.0. The van der Waals surface area contributed by atoms with Crippen LogP contribution in [0.3, 0.4) is 0 Å². The molecular formula is C17H35IN4O2S. The van der Waals surface area contributed by atoms with Gasteiger partial charge in [-0.15, -0.1) is 24.0 Å². The topological polar surface area (TPSA) is 73.8 Å². The molecule has 0 aliphatic carbocycles. The van der Waals surface area contributed by atoms with E-state index in [4.69, 9.17) is 0 Å². The molecule has 0 aromatic rings. The number of piperidine rings is 1. The number of sulfone groups is 1. The van der Waals surface area contributed by atoms with E-state index in [1.165, 1.54) is 25.8 Å². The Balaban J connectivity index is 0.00000312. The molecule has 2 rings (SSSR count). The van der Waals surface area contributed by atoms with Gasteiger partial charge < -0.3 is 15.5 Å². The Bertz CT molecular complexity index is 513. The molecule has 0 amide bonds. The third-order valence-electron chi connectivity index (χ3n) is 5.03. The molecule has 0 spiro atoms. The Hall–Kier alpha value is -0.0900. The van der Waals surface area contributed by atoms with Crippen LogP contribution in [0.1, 0.15) is 46.0 Å². The summed E-state index contributed by atoms with van der Waals surface area (Å²) in [6.07, 6.45) is 5.86. The van der Waals surface area contributed by atoms with Crippen molar-refractivity contribution in [1.82, 2.24) is 15.5 Å². The maximum absolute atomic E-state index is 11.5. The van der Waals surface area contributed by atoms with Crippen LogP contribution in [0.5, 0.6) is 0 Å². The zero-order valence-electron chi connectivity index (χ0n) is 15.7. The molecule has 2 atom stereocenters. The van der Waals surface area contributed by atoms with E-state index >= 15 is 0 Å². The fraction of sp³-hybridized carbons (Fsp3) is 0.941. The molecule has 0 aromatic carbocycles. The molecule has 0 bridgehead atoms. The summed E-state index contributed by atoms with van der Waals surface area (Å²) in [7, 11) is -2.81. The summed E-state index contributed by atoms with van der Waals surface area (Å²) in [5.74, 6) is 1.61. The number of nitrogens with one attached hydrogen (secondary N) is 2. The second kappa shape index (κ2) is 11.6. The van der Waals surface area contributed by atoms with Crippen molar-refractivity contribution in [2.45, 2.75) is 52.0 Å². The second-order valence-corrected chi connectivity index (χ2v) is 9.38. The molecule has 2 fully saturated rings. The highest BCUT2D eigenvalue weighted by Crippen LogP contribution is 2.18. The Labute approximate surface area is 170 Å². The van der Waals surface area contributed by atoms with Crippen LogP contribution < -0.4 is 10.6 Å². The van der Waals surface area contributed by atoms with Gasteiger partial charge in [0, 0.05) is 32.2 Å². The lowest BCUT2D eigenvalue weighted by Crippen LogP contribution is -2.41. The number of hydrogen-bond donors (Lipinski definition) is 2. The first-order chi connectivity index (χ1) is 11.5. The average molecular weight is 486 g/mol. The zero-order valence-corrected chi connectivity index (χ0v) is 18.8. The first kappa shape index (κ1) is 23.0. The van der Waals surface area contributed by atoms with Crippen LogP contribution in [-0.2, 0) is 9.84 Å². The lowest BCUT2D eigenvalue weighted by Gasteiger charge is -2.33. The summed E-state index contributed by atoms with van der Waals surface area (Å²) in [4.78, 5) is 7.16. The number of nitrogens with zero attached hydrogens (tertiary/aromatic N) is 2. The van der Waals surface area contributed by atoms with Crippen LogP contribution in [0.15, 0.2) is 4.99 Å². The van der Waals surface area contributed by atoms with E-state index in [1.807, 2.05) is 6.92 Å². The molecule has 2 aliphatic rings. The average Bonchev–Trinajstić information content (AvgIpc) is 2.90. The van der Waals surface area contributed by atoms with Gasteiger partial charge in [-0.05, 0) is 52.0 Å². The predicted octanol–water partition coefficient (Wildman–Crippen LogP) is 1.86. The Morgan fingerprint density at radius 1 is 1.24 bits per heavy atom. The highest BCUT2D eigenvalue weighted by molar-refractivity contribution is 14.0. The molecule has 0 saturated carbocycles. The zero-order chi connectivity index (χ0) is 17.4. The van der Waals surface area contributed by atoms with E-state index in [2.05, 4.69) is 27.4 Å². The van der Waals surface area contributed by atoms with Crippen molar-refractivity contribution in [2.24, 2.45) is 10.9 Å². The van der Waals surface area contributed by atoms with E-state index < -0.39 is 9.84 Å². The first-order valence-corrected chi connectivity index (χ1v) is 11.3. The van der Waals surface area contributed by atoms with E-state index in [1.54, 1.807) is 0 Å². The maximum atomic E-state index is 11.5. The third-order valence-corrected chi connectivity index (χ3v) is 6.87. The lowest BCUT2D eigenvalue weighted by molar-refractivity contribution is 0.159. The molecule has 8 heteroatoms.